The average molecular weight is 277 g/mol. The zero-order valence-electron chi connectivity index (χ0n) is 11.3. The van der Waals surface area contributed by atoms with E-state index >= 15 is 0 Å². The third-order valence-corrected chi connectivity index (χ3v) is 3.23. The first-order valence-electron chi connectivity index (χ1n) is 6.32. The zero-order valence-corrected chi connectivity index (χ0v) is 11.3. The van der Waals surface area contributed by atoms with E-state index in [0.717, 1.165) is 5.56 Å². The minimum atomic E-state index is -0.149. The highest BCUT2D eigenvalue weighted by Crippen LogP contribution is 2.23. The molecule has 2 heterocycles. The molecule has 0 aliphatic carbocycles. The SMILES string of the molecule is Cc1cccn(-c2cc(-c3cnco3)ccc2C#N)c1=O. The third kappa shape index (κ3) is 2.23. The van der Waals surface area contributed by atoms with Gasteiger partial charge in [-0.25, -0.2) is 4.98 Å². The van der Waals surface area contributed by atoms with Crippen molar-refractivity contribution in [3.8, 4) is 23.1 Å². The molecule has 2 aromatic heterocycles. The molecule has 0 unspecified atom stereocenters. The summed E-state index contributed by atoms with van der Waals surface area (Å²) >= 11 is 0. The van der Waals surface area contributed by atoms with E-state index < -0.39 is 0 Å². The standard InChI is InChI=1S/C16H11N3O2/c1-11-3-2-6-19(16(11)20)14-7-12(4-5-13(14)8-17)15-9-18-10-21-15/h2-7,9-10H,1H3. The van der Waals surface area contributed by atoms with E-state index in [4.69, 9.17) is 4.42 Å². The Balaban J connectivity index is 2.26. The summed E-state index contributed by atoms with van der Waals surface area (Å²) in [7, 11) is 0. The lowest BCUT2D eigenvalue weighted by Crippen LogP contribution is -2.20. The molecule has 0 fully saturated rings. The average Bonchev–Trinajstić information content (AvgIpc) is 3.04. The summed E-state index contributed by atoms with van der Waals surface area (Å²) in [5.41, 5.74) is 2.18. The first kappa shape index (κ1) is 12.9. The van der Waals surface area contributed by atoms with E-state index in [-0.39, 0.29) is 5.56 Å². The van der Waals surface area contributed by atoms with Crippen LogP contribution < -0.4 is 5.56 Å². The highest BCUT2D eigenvalue weighted by Gasteiger charge is 2.10. The van der Waals surface area contributed by atoms with Crippen molar-refractivity contribution in [2.45, 2.75) is 6.92 Å². The van der Waals surface area contributed by atoms with Gasteiger partial charge in [0.1, 0.15) is 6.07 Å². The van der Waals surface area contributed by atoms with Gasteiger partial charge in [-0.15, -0.1) is 0 Å². The summed E-state index contributed by atoms with van der Waals surface area (Å²) in [6.45, 7) is 1.74. The molecule has 0 N–H and O–H groups in total. The molecule has 0 atom stereocenters. The molecule has 102 valence electrons. The van der Waals surface area contributed by atoms with Gasteiger partial charge in [0.2, 0.25) is 0 Å². The second kappa shape index (κ2) is 5.10. The fourth-order valence-electron chi connectivity index (χ4n) is 2.13. The number of nitrogens with zero attached hydrogens (tertiary/aromatic N) is 3. The van der Waals surface area contributed by atoms with Gasteiger partial charge in [-0.3, -0.25) is 9.36 Å². The first-order valence-corrected chi connectivity index (χ1v) is 6.32. The van der Waals surface area contributed by atoms with E-state index in [0.29, 0.717) is 22.6 Å². The van der Waals surface area contributed by atoms with Crippen molar-refractivity contribution in [2.75, 3.05) is 0 Å². The smallest absolute Gasteiger partial charge is 0.258 e. The van der Waals surface area contributed by atoms with E-state index in [2.05, 4.69) is 11.1 Å². The Morgan fingerprint density at radius 1 is 1.33 bits per heavy atom. The molecule has 5 heteroatoms. The summed E-state index contributed by atoms with van der Waals surface area (Å²) in [4.78, 5) is 16.1. The molecule has 0 saturated carbocycles. The molecule has 21 heavy (non-hydrogen) atoms. The van der Waals surface area contributed by atoms with Crippen LogP contribution in [0.5, 0.6) is 0 Å². The van der Waals surface area contributed by atoms with E-state index in [1.807, 2.05) is 0 Å². The maximum Gasteiger partial charge on any atom is 0.258 e. The molecule has 5 nitrogen and oxygen atoms in total. The molecule has 3 rings (SSSR count). The van der Waals surface area contributed by atoms with Crippen LogP contribution in [0.25, 0.3) is 17.0 Å². The monoisotopic (exact) mass is 277 g/mol. The molecular weight excluding hydrogens is 266 g/mol. The number of aromatic nitrogens is 2. The van der Waals surface area contributed by atoms with Crippen molar-refractivity contribution >= 4 is 0 Å². The van der Waals surface area contributed by atoms with Crippen LogP contribution in [0.4, 0.5) is 0 Å². The van der Waals surface area contributed by atoms with E-state index in [1.54, 1.807) is 49.6 Å². The van der Waals surface area contributed by atoms with E-state index in [9.17, 15) is 10.1 Å². The summed E-state index contributed by atoms with van der Waals surface area (Å²) in [5.74, 6) is 0.585. The second-order valence-electron chi connectivity index (χ2n) is 4.58. The van der Waals surface area contributed by atoms with Crippen LogP contribution in [0.3, 0.4) is 0 Å². The van der Waals surface area contributed by atoms with Crippen molar-refractivity contribution in [2.24, 2.45) is 0 Å². The Hall–Kier alpha value is -3.13. The van der Waals surface area contributed by atoms with Crippen molar-refractivity contribution in [1.82, 2.24) is 9.55 Å². The van der Waals surface area contributed by atoms with Gasteiger partial charge >= 0.3 is 0 Å². The number of oxazole rings is 1. The Bertz CT molecular complexity index is 887. The third-order valence-electron chi connectivity index (χ3n) is 3.23. The lowest BCUT2D eigenvalue weighted by atomic mass is 10.1. The van der Waals surface area contributed by atoms with Crippen LogP contribution in [-0.2, 0) is 0 Å². The van der Waals surface area contributed by atoms with Gasteiger partial charge in [0, 0.05) is 17.3 Å². The number of pyridine rings is 1. The first-order chi connectivity index (χ1) is 10.2. The molecule has 0 saturated heterocycles. The topological polar surface area (TPSA) is 71.8 Å². The molecule has 3 aromatic rings. The van der Waals surface area contributed by atoms with Gasteiger partial charge in [0.05, 0.1) is 17.4 Å². The molecule has 0 spiro atoms. The van der Waals surface area contributed by atoms with Crippen LogP contribution in [0, 0.1) is 18.3 Å². The number of hydrogen-bond acceptors (Lipinski definition) is 4. The minimum absolute atomic E-state index is 0.149. The van der Waals surface area contributed by atoms with Crippen molar-refractivity contribution in [3.63, 3.8) is 0 Å². The molecule has 0 radical (unpaired) electrons. The number of nitriles is 1. The van der Waals surface area contributed by atoms with Crippen LogP contribution in [-0.4, -0.2) is 9.55 Å². The number of rotatable bonds is 2. The maximum atomic E-state index is 12.3. The van der Waals surface area contributed by atoms with Crippen molar-refractivity contribution in [3.05, 3.63) is 70.6 Å². The van der Waals surface area contributed by atoms with Gasteiger partial charge in [-0.1, -0.05) is 6.07 Å². The fraction of sp³-hybridized carbons (Fsp3) is 0.0625. The summed E-state index contributed by atoms with van der Waals surface area (Å²) < 4.78 is 6.72. The Kier molecular flexibility index (Phi) is 3.13. The van der Waals surface area contributed by atoms with Crippen LogP contribution in [0.15, 0.2) is 58.3 Å². The molecule has 0 amide bonds. The van der Waals surface area contributed by atoms with Gasteiger partial charge in [-0.2, -0.15) is 5.26 Å². The second-order valence-corrected chi connectivity index (χ2v) is 4.58. The number of benzene rings is 1. The van der Waals surface area contributed by atoms with Crippen LogP contribution in [0.1, 0.15) is 11.1 Å². The van der Waals surface area contributed by atoms with Gasteiger partial charge < -0.3 is 4.42 Å². The predicted molar refractivity (Wildman–Crippen MR) is 77.0 cm³/mol. The highest BCUT2D eigenvalue weighted by atomic mass is 16.3. The van der Waals surface area contributed by atoms with Crippen LogP contribution in [0.2, 0.25) is 0 Å². The quantitative estimate of drug-likeness (QED) is 0.722. The lowest BCUT2D eigenvalue weighted by molar-refractivity contribution is 0.572. The zero-order chi connectivity index (χ0) is 14.8. The van der Waals surface area contributed by atoms with Crippen molar-refractivity contribution in [1.29, 1.82) is 5.26 Å². The summed E-state index contributed by atoms with van der Waals surface area (Å²) in [5, 5.41) is 9.26. The van der Waals surface area contributed by atoms with Gasteiger partial charge in [-0.05, 0) is 31.2 Å². The maximum absolute atomic E-state index is 12.3. The molecule has 1 aromatic carbocycles. The Labute approximate surface area is 120 Å². The predicted octanol–water partition coefficient (Wildman–Crippen LogP) is 2.67. The van der Waals surface area contributed by atoms with Gasteiger partial charge in [0.25, 0.3) is 5.56 Å². The van der Waals surface area contributed by atoms with Crippen molar-refractivity contribution < 1.29 is 4.42 Å². The van der Waals surface area contributed by atoms with Gasteiger partial charge in [0.15, 0.2) is 12.2 Å². The minimum Gasteiger partial charge on any atom is -0.444 e. The molecule has 0 bridgehead atoms. The number of hydrogen-bond donors (Lipinski definition) is 0. The fourth-order valence-corrected chi connectivity index (χ4v) is 2.13. The normalized spacial score (nSPS) is 10.3. The number of aryl methyl sites for hydroxylation is 1. The summed E-state index contributed by atoms with van der Waals surface area (Å²) in [6.07, 6.45) is 4.58. The highest BCUT2D eigenvalue weighted by molar-refractivity contribution is 5.64. The summed E-state index contributed by atoms with van der Waals surface area (Å²) in [6, 6.07) is 10.8. The lowest BCUT2D eigenvalue weighted by Gasteiger charge is -2.09. The molecule has 0 aliphatic rings. The Morgan fingerprint density at radius 3 is 2.90 bits per heavy atom. The van der Waals surface area contributed by atoms with Crippen LogP contribution >= 0.6 is 0 Å². The van der Waals surface area contributed by atoms with E-state index in [1.165, 1.54) is 11.0 Å². The molecule has 0 aliphatic heterocycles. The molecular formula is C16H11N3O2. The largest absolute Gasteiger partial charge is 0.444 e. The Morgan fingerprint density at radius 2 is 2.19 bits per heavy atom.